The third-order valence-electron chi connectivity index (χ3n) is 3.05. The molecule has 0 saturated carbocycles. The van der Waals surface area contributed by atoms with Crippen LogP contribution in [0.2, 0.25) is 10.0 Å². The van der Waals surface area contributed by atoms with Gasteiger partial charge < -0.3 is 14.8 Å². The lowest BCUT2D eigenvalue weighted by Gasteiger charge is -2.12. The fourth-order valence-electron chi connectivity index (χ4n) is 1.90. The topological polar surface area (TPSA) is 64.6 Å². The third-order valence-corrected chi connectivity index (χ3v) is 3.59. The van der Waals surface area contributed by atoms with Crippen LogP contribution in [0.4, 0.5) is 5.69 Å². The number of rotatable bonds is 4. The number of anilines is 1. The highest BCUT2D eigenvalue weighted by molar-refractivity contribution is 6.37. The Morgan fingerprint density at radius 1 is 1.04 bits per heavy atom. The smallest absolute Gasteiger partial charge is 0.337 e. The number of nitrogens with one attached hydrogen (secondary N) is 1. The lowest BCUT2D eigenvalue weighted by Crippen LogP contribution is -2.13. The number of esters is 1. The molecule has 0 aliphatic carbocycles. The zero-order chi connectivity index (χ0) is 17.0. The summed E-state index contributed by atoms with van der Waals surface area (Å²) in [5.41, 5.74) is 0.984. The molecule has 0 spiro atoms. The van der Waals surface area contributed by atoms with Gasteiger partial charge in [0.15, 0.2) is 0 Å². The van der Waals surface area contributed by atoms with E-state index in [2.05, 4.69) is 10.1 Å². The highest BCUT2D eigenvalue weighted by atomic mass is 35.5. The first-order chi connectivity index (χ1) is 11.0. The normalized spacial score (nSPS) is 10.1. The second-order valence-corrected chi connectivity index (χ2v) is 5.33. The van der Waals surface area contributed by atoms with Crippen LogP contribution in [0.15, 0.2) is 36.4 Å². The first-order valence-corrected chi connectivity index (χ1v) is 7.24. The van der Waals surface area contributed by atoms with Gasteiger partial charge in [-0.3, -0.25) is 4.79 Å². The summed E-state index contributed by atoms with van der Waals surface area (Å²) >= 11 is 11.8. The van der Waals surface area contributed by atoms with Crippen molar-refractivity contribution < 1.29 is 19.1 Å². The van der Waals surface area contributed by atoms with E-state index in [0.717, 1.165) is 0 Å². The highest BCUT2D eigenvalue weighted by Crippen LogP contribution is 2.28. The van der Waals surface area contributed by atoms with Crippen LogP contribution in [0, 0.1) is 0 Å². The van der Waals surface area contributed by atoms with Crippen molar-refractivity contribution in [3.63, 3.8) is 0 Å². The van der Waals surface area contributed by atoms with Gasteiger partial charge >= 0.3 is 5.97 Å². The second-order valence-electron chi connectivity index (χ2n) is 4.48. The number of halogens is 2. The van der Waals surface area contributed by atoms with E-state index in [1.54, 1.807) is 12.1 Å². The Kier molecular flexibility index (Phi) is 5.47. The molecule has 0 radical (unpaired) electrons. The fourth-order valence-corrected chi connectivity index (χ4v) is 2.40. The van der Waals surface area contributed by atoms with E-state index < -0.39 is 11.9 Å². The molecule has 2 rings (SSSR count). The second kappa shape index (κ2) is 7.35. The summed E-state index contributed by atoms with van der Waals surface area (Å²) in [6.07, 6.45) is 0. The molecule has 2 aromatic rings. The lowest BCUT2D eigenvalue weighted by atomic mass is 10.1. The molecule has 0 unspecified atom stereocenters. The molecular formula is C16H13Cl2NO4. The zero-order valence-corrected chi connectivity index (χ0v) is 13.9. The van der Waals surface area contributed by atoms with Crippen molar-refractivity contribution in [1.82, 2.24) is 0 Å². The van der Waals surface area contributed by atoms with E-state index >= 15 is 0 Å². The van der Waals surface area contributed by atoms with Gasteiger partial charge in [0.2, 0.25) is 0 Å². The Hall–Kier alpha value is -2.24. The minimum absolute atomic E-state index is 0.236. The third kappa shape index (κ3) is 3.94. The van der Waals surface area contributed by atoms with E-state index in [9.17, 15) is 9.59 Å². The van der Waals surface area contributed by atoms with Gasteiger partial charge in [0, 0.05) is 5.02 Å². The molecule has 1 amide bonds. The van der Waals surface area contributed by atoms with Crippen molar-refractivity contribution in [2.75, 3.05) is 19.5 Å². The van der Waals surface area contributed by atoms with Crippen LogP contribution in [0.25, 0.3) is 0 Å². The molecule has 0 bridgehead atoms. The highest BCUT2D eigenvalue weighted by Gasteiger charge is 2.15. The molecule has 0 aliphatic heterocycles. The van der Waals surface area contributed by atoms with Crippen molar-refractivity contribution >= 4 is 40.8 Å². The summed E-state index contributed by atoms with van der Waals surface area (Å²) in [5, 5.41) is 3.35. The Bertz CT molecular complexity index is 762. The Morgan fingerprint density at radius 3 is 2.39 bits per heavy atom. The van der Waals surface area contributed by atoms with Crippen molar-refractivity contribution in [1.29, 1.82) is 0 Å². The minimum atomic E-state index is -0.498. The molecule has 0 fully saturated rings. The number of amides is 1. The minimum Gasteiger partial charge on any atom is -0.495 e. The summed E-state index contributed by atoms with van der Waals surface area (Å²) in [6.45, 7) is 0. The number of methoxy groups -OCH3 is 2. The predicted octanol–water partition coefficient (Wildman–Crippen LogP) is 4.04. The Balaban J connectivity index is 2.28. The van der Waals surface area contributed by atoms with Crippen LogP contribution in [0.3, 0.4) is 0 Å². The van der Waals surface area contributed by atoms with Gasteiger partial charge in [0.05, 0.1) is 36.1 Å². The first-order valence-electron chi connectivity index (χ1n) is 6.49. The zero-order valence-electron chi connectivity index (χ0n) is 12.4. The van der Waals surface area contributed by atoms with Gasteiger partial charge in [-0.2, -0.15) is 0 Å². The maximum Gasteiger partial charge on any atom is 0.337 e. The van der Waals surface area contributed by atoms with Crippen molar-refractivity contribution in [3.05, 3.63) is 57.6 Å². The van der Waals surface area contributed by atoms with Crippen LogP contribution in [0.1, 0.15) is 20.7 Å². The average Bonchev–Trinajstić information content (AvgIpc) is 2.54. The number of carbonyl (C=O) groups excluding carboxylic acids is 2. The van der Waals surface area contributed by atoms with Crippen LogP contribution in [-0.4, -0.2) is 26.1 Å². The van der Waals surface area contributed by atoms with Gasteiger partial charge in [-0.05, 0) is 36.4 Å². The number of carbonyl (C=O) groups is 2. The van der Waals surface area contributed by atoms with Crippen LogP contribution in [0.5, 0.6) is 5.75 Å². The standard InChI is InChI=1S/C16H13Cl2NO4/c1-22-14-7-9(16(21)23-2)3-6-13(14)19-15(20)11-5-4-10(17)8-12(11)18/h3-8H,1-2H3,(H,19,20). The molecule has 1 N–H and O–H groups in total. The van der Waals surface area contributed by atoms with Crippen LogP contribution < -0.4 is 10.1 Å². The molecular weight excluding hydrogens is 341 g/mol. The quantitative estimate of drug-likeness (QED) is 0.842. The molecule has 0 saturated heterocycles. The molecule has 0 atom stereocenters. The number of benzene rings is 2. The maximum absolute atomic E-state index is 12.3. The van der Waals surface area contributed by atoms with Crippen molar-refractivity contribution in [2.45, 2.75) is 0 Å². The largest absolute Gasteiger partial charge is 0.495 e. The Labute approximate surface area is 143 Å². The Morgan fingerprint density at radius 2 is 1.78 bits per heavy atom. The van der Waals surface area contributed by atoms with Gasteiger partial charge in [-0.25, -0.2) is 4.79 Å². The monoisotopic (exact) mass is 353 g/mol. The maximum atomic E-state index is 12.3. The summed E-state index contributed by atoms with van der Waals surface area (Å²) < 4.78 is 9.83. The summed E-state index contributed by atoms with van der Waals surface area (Å²) in [5.74, 6) is -0.593. The molecule has 7 heteroatoms. The lowest BCUT2D eigenvalue weighted by molar-refractivity contribution is 0.0600. The summed E-state index contributed by atoms with van der Waals surface area (Å²) in [6, 6.07) is 9.12. The predicted molar refractivity (Wildman–Crippen MR) is 88.7 cm³/mol. The van der Waals surface area contributed by atoms with Gasteiger partial charge in [0.1, 0.15) is 5.75 Å². The molecule has 2 aromatic carbocycles. The van der Waals surface area contributed by atoms with E-state index in [1.165, 1.54) is 38.5 Å². The van der Waals surface area contributed by atoms with E-state index in [0.29, 0.717) is 22.0 Å². The van der Waals surface area contributed by atoms with Gasteiger partial charge in [-0.1, -0.05) is 23.2 Å². The molecule has 0 aliphatic rings. The molecule has 23 heavy (non-hydrogen) atoms. The average molecular weight is 354 g/mol. The van der Waals surface area contributed by atoms with Crippen molar-refractivity contribution in [2.24, 2.45) is 0 Å². The van der Waals surface area contributed by atoms with Gasteiger partial charge in [-0.15, -0.1) is 0 Å². The van der Waals surface area contributed by atoms with Crippen LogP contribution in [-0.2, 0) is 4.74 Å². The van der Waals surface area contributed by atoms with E-state index in [-0.39, 0.29) is 10.6 Å². The summed E-state index contributed by atoms with van der Waals surface area (Å²) in [4.78, 5) is 23.8. The van der Waals surface area contributed by atoms with E-state index in [4.69, 9.17) is 27.9 Å². The molecule has 0 aromatic heterocycles. The summed E-state index contributed by atoms with van der Waals surface area (Å²) in [7, 11) is 2.72. The fraction of sp³-hybridized carbons (Fsp3) is 0.125. The van der Waals surface area contributed by atoms with E-state index in [1.807, 2.05) is 0 Å². The van der Waals surface area contributed by atoms with Crippen LogP contribution >= 0.6 is 23.2 Å². The first kappa shape index (κ1) is 17.1. The number of hydrogen-bond donors (Lipinski definition) is 1. The van der Waals surface area contributed by atoms with Crippen molar-refractivity contribution in [3.8, 4) is 5.75 Å². The number of hydrogen-bond acceptors (Lipinski definition) is 4. The molecule has 0 heterocycles. The van der Waals surface area contributed by atoms with Gasteiger partial charge in [0.25, 0.3) is 5.91 Å². The molecule has 120 valence electrons. The SMILES string of the molecule is COC(=O)c1ccc(NC(=O)c2ccc(Cl)cc2Cl)c(OC)c1. The number of ether oxygens (including phenoxy) is 2. The molecule has 5 nitrogen and oxygen atoms in total.